The van der Waals surface area contributed by atoms with E-state index in [0.717, 1.165) is 53.0 Å². The number of aryl methyl sites for hydroxylation is 1. The SMILES string of the molecule is Cc1c(C2CCN(S(=O)(=O)c3ccc4c(c3)CCO4)CC2)nn2ccnc2c1C. The van der Waals surface area contributed by atoms with E-state index in [1.165, 1.54) is 0 Å². The number of ether oxygens (including phenoxy) is 1. The lowest BCUT2D eigenvalue weighted by molar-refractivity contribution is 0.315. The number of nitrogens with zero attached hydrogens (tertiary/aromatic N) is 4. The van der Waals surface area contributed by atoms with Crippen molar-refractivity contribution in [1.29, 1.82) is 0 Å². The van der Waals surface area contributed by atoms with Crippen molar-refractivity contribution in [2.24, 2.45) is 0 Å². The van der Waals surface area contributed by atoms with Crippen LogP contribution in [0.4, 0.5) is 0 Å². The summed E-state index contributed by atoms with van der Waals surface area (Å²) in [5, 5.41) is 4.78. The minimum absolute atomic E-state index is 0.250. The molecule has 0 unspecified atom stereocenters. The van der Waals surface area contributed by atoms with Gasteiger partial charge in [-0.25, -0.2) is 17.9 Å². The van der Waals surface area contributed by atoms with Gasteiger partial charge in [0, 0.05) is 37.8 Å². The fourth-order valence-electron chi connectivity index (χ4n) is 4.43. The molecule has 0 aliphatic carbocycles. The Hall–Kier alpha value is -2.45. The Labute approximate surface area is 170 Å². The first-order valence-electron chi connectivity index (χ1n) is 10.0. The minimum Gasteiger partial charge on any atom is -0.493 e. The summed E-state index contributed by atoms with van der Waals surface area (Å²) >= 11 is 0. The van der Waals surface area contributed by atoms with E-state index < -0.39 is 10.0 Å². The summed E-state index contributed by atoms with van der Waals surface area (Å²) in [5.41, 5.74) is 5.20. The van der Waals surface area contributed by atoms with Crippen molar-refractivity contribution < 1.29 is 13.2 Å². The quantitative estimate of drug-likeness (QED) is 0.661. The smallest absolute Gasteiger partial charge is 0.243 e. The molecule has 0 amide bonds. The molecule has 2 aliphatic rings. The Morgan fingerprint density at radius 3 is 2.72 bits per heavy atom. The molecule has 29 heavy (non-hydrogen) atoms. The van der Waals surface area contributed by atoms with Gasteiger partial charge in [0.2, 0.25) is 10.0 Å². The molecule has 3 aromatic rings. The van der Waals surface area contributed by atoms with Gasteiger partial charge < -0.3 is 4.74 Å². The highest BCUT2D eigenvalue weighted by molar-refractivity contribution is 7.89. The molecule has 2 aliphatic heterocycles. The van der Waals surface area contributed by atoms with Gasteiger partial charge in [0.15, 0.2) is 5.65 Å². The van der Waals surface area contributed by atoms with E-state index in [4.69, 9.17) is 9.84 Å². The highest BCUT2D eigenvalue weighted by Crippen LogP contribution is 2.34. The van der Waals surface area contributed by atoms with Crippen molar-refractivity contribution in [3.8, 4) is 5.75 Å². The largest absolute Gasteiger partial charge is 0.493 e. The molecular weight excluding hydrogens is 388 g/mol. The summed E-state index contributed by atoms with van der Waals surface area (Å²) in [5.74, 6) is 1.05. The molecule has 2 aromatic heterocycles. The third kappa shape index (κ3) is 3.02. The van der Waals surface area contributed by atoms with Crippen molar-refractivity contribution >= 4 is 15.7 Å². The number of hydrogen-bond donors (Lipinski definition) is 0. The third-order valence-electron chi connectivity index (χ3n) is 6.26. The van der Waals surface area contributed by atoms with E-state index in [9.17, 15) is 8.42 Å². The van der Waals surface area contributed by atoms with Gasteiger partial charge in [-0.1, -0.05) is 0 Å². The summed E-state index contributed by atoms with van der Waals surface area (Å²) in [6, 6.07) is 5.21. The van der Waals surface area contributed by atoms with Gasteiger partial charge >= 0.3 is 0 Å². The van der Waals surface area contributed by atoms with Crippen molar-refractivity contribution in [3.05, 3.63) is 53.0 Å². The molecule has 0 atom stereocenters. The zero-order valence-electron chi connectivity index (χ0n) is 16.6. The number of imidazole rings is 1. The van der Waals surface area contributed by atoms with Crippen LogP contribution in [0.5, 0.6) is 5.75 Å². The first-order chi connectivity index (χ1) is 13.9. The van der Waals surface area contributed by atoms with Gasteiger partial charge in [-0.05, 0) is 61.6 Å². The fraction of sp³-hybridized carbons (Fsp3) is 0.429. The Bertz CT molecular complexity index is 1190. The molecule has 1 saturated heterocycles. The Morgan fingerprint density at radius 1 is 1.14 bits per heavy atom. The van der Waals surface area contributed by atoms with E-state index in [0.29, 0.717) is 24.6 Å². The van der Waals surface area contributed by atoms with Crippen LogP contribution in [0, 0.1) is 13.8 Å². The first kappa shape index (κ1) is 18.6. The van der Waals surface area contributed by atoms with Crippen molar-refractivity contribution in [2.45, 2.75) is 43.9 Å². The van der Waals surface area contributed by atoms with Crippen LogP contribution in [0.1, 0.15) is 41.1 Å². The van der Waals surface area contributed by atoms with Crippen molar-refractivity contribution in [3.63, 3.8) is 0 Å². The zero-order chi connectivity index (χ0) is 20.2. The van der Waals surface area contributed by atoms with Crippen LogP contribution < -0.4 is 4.74 Å². The topological polar surface area (TPSA) is 76.8 Å². The maximum absolute atomic E-state index is 13.1. The minimum atomic E-state index is -3.49. The lowest BCUT2D eigenvalue weighted by Crippen LogP contribution is -2.38. The number of piperidine rings is 1. The van der Waals surface area contributed by atoms with Crippen LogP contribution in [0.3, 0.4) is 0 Å². The van der Waals surface area contributed by atoms with Crippen molar-refractivity contribution in [1.82, 2.24) is 18.9 Å². The molecule has 1 aromatic carbocycles. The Morgan fingerprint density at radius 2 is 1.93 bits per heavy atom. The summed E-state index contributed by atoms with van der Waals surface area (Å²) in [4.78, 5) is 4.74. The van der Waals surface area contributed by atoms with Crippen LogP contribution in [-0.2, 0) is 16.4 Å². The number of hydrogen-bond acceptors (Lipinski definition) is 5. The highest BCUT2D eigenvalue weighted by Gasteiger charge is 2.32. The van der Waals surface area contributed by atoms with Crippen LogP contribution in [0.15, 0.2) is 35.5 Å². The number of benzene rings is 1. The molecular formula is C21H24N4O3S. The van der Waals surface area contributed by atoms with Gasteiger partial charge in [0.05, 0.1) is 17.2 Å². The molecule has 8 heteroatoms. The lowest BCUT2D eigenvalue weighted by atomic mass is 9.91. The zero-order valence-corrected chi connectivity index (χ0v) is 17.4. The Balaban J connectivity index is 1.37. The predicted molar refractivity (Wildman–Crippen MR) is 109 cm³/mol. The summed E-state index contributed by atoms with van der Waals surface area (Å²) < 4.78 is 35.2. The molecule has 4 heterocycles. The molecule has 0 N–H and O–H groups in total. The molecule has 7 nitrogen and oxygen atoms in total. The molecule has 1 fully saturated rings. The first-order valence-corrected chi connectivity index (χ1v) is 11.5. The fourth-order valence-corrected chi connectivity index (χ4v) is 5.95. The highest BCUT2D eigenvalue weighted by atomic mass is 32.2. The molecule has 0 saturated carbocycles. The standard InChI is InChI=1S/C21H24N4O3S/c1-14-15(2)21-22-8-11-25(21)23-20(14)16-5-9-24(10-6-16)29(26,27)18-3-4-19-17(13-18)7-12-28-19/h3-4,8,11,13,16H,5-7,9-10,12H2,1-2H3. The predicted octanol–water partition coefficient (Wildman–Crippen LogP) is 2.85. The summed E-state index contributed by atoms with van der Waals surface area (Å²) in [6.45, 7) is 5.78. The number of fused-ring (bicyclic) bond motifs is 2. The molecule has 0 spiro atoms. The van der Waals surface area contributed by atoms with Crippen LogP contribution in [0.25, 0.3) is 5.65 Å². The average Bonchev–Trinajstić information content (AvgIpc) is 3.39. The summed E-state index contributed by atoms with van der Waals surface area (Å²) in [6.07, 6.45) is 5.92. The van der Waals surface area contributed by atoms with Crippen LogP contribution >= 0.6 is 0 Å². The molecule has 0 bridgehead atoms. The van der Waals surface area contributed by atoms with Crippen molar-refractivity contribution in [2.75, 3.05) is 19.7 Å². The normalized spacial score (nSPS) is 18.1. The van der Waals surface area contributed by atoms with Gasteiger partial charge in [-0.15, -0.1) is 0 Å². The number of sulfonamides is 1. The third-order valence-corrected chi connectivity index (χ3v) is 8.15. The van der Waals surface area contributed by atoms with Gasteiger partial charge in [0.1, 0.15) is 5.75 Å². The average molecular weight is 413 g/mol. The van der Waals surface area contributed by atoms with E-state index in [2.05, 4.69) is 18.8 Å². The second-order valence-corrected chi connectivity index (χ2v) is 9.81. The van der Waals surface area contributed by atoms with E-state index in [-0.39, 0.29) is 5.92 Å². The summed E-state index contributed by atoms with van der Waals surface area (Å²) in [7, 11) is -3.49. The number of rotatable bonds is 3. The maximum Gasteiger partial charge on any atom is 0.243 e. The van der Waals surface area contributed by atoms with Gasteiger partial charge in [0.25, 0.3) is 0 Å². The van der Waals surface area contributed by atoms with Gasteiger partial charge in [-0.2, -0.15) is 9.40 Å². The van der Waals surface area contributed by atoms with Crippen LogP contribution in [-0.4, -0.2) is 47.0 Å². The second kappa shape index (κ2) is 6.81. The molecule has 152 valence electrons. The van der Waals surface area contributed by atoms with Gasteiger partial charge in [-0.3, -0.25) is 0 Å². The Kier molecular flexibility index (Phi) is 4.36. The second-order valence-electron chi connectivity index (χ2n) is 7.88. The lowest BCUT2D eigenvalue weighted by Gasteiger charge is -2.31. The molecule has 0 radical (unpaired) electrons. The van der Waals surface area contributed by atoms with E-state index in [1.54, 1.807) is 28.7 Å². The van der Waals surface area contributed by atoms with E-state index >= 15 is 0 Å². The monoisotopic (exact) mass is 412 g/mol. The number of aromatic nitrogens is 3. The van der Waals surface area contributed by atoms with Crippen LogP contribution in [0.2, 0.25) is 0 Å². The maximum atomic E-state index is 13.1. The molecule has 5 rings (SSSR count). The van der Waals surface area contributed by atoms with E-state index in [1.807, 2.05) is 10.7 Å².